The molecular weight excluding hydrogens is 534 g/mol. The van der Waals surface area contributed by atoms with E-state index < -0.39 is 5.97 Å². The molecule has 1 aromatic heterocycles. The number of fused-ring (bicyclic) bond motifs is 2. The SMILES string of the molecule is COC(=O)c1c(NC(=O)COc2ccc3cc(Br)ccc3c2Br)sc2c1CCCC2. The highest BCUT2D eigenvalue weighted by atomic mass is 79.9. The number of amides is 1. The minimum atomic E-state index is -0.408. The number of thiophene rings is 1. The molecule has 0 aliphatic heterocycles. The number of carbonyl (C=O) groups excluding carboxylic acids is 2. The number of esters is 1. The minimum absolute atomic E-state index is 0.163. The molecule has 1 N–H and O–H groups in total. The van der Waals surface area contributed by atoms with Gasteiger partial charge in [-0.3, -0.25) is 4.79 Å². The highest BCUT2D eigenvalue weighted by molar-refractivity contribution is 9.11. The third-order valence-corrected chi connectivity index (χ3v) is 7.57. The van der Waals surface area contributed by atoms with E-state index in [0.717, 1.165) is 55.8 Å². The molecule has 156 valence electrons. The van der Waals surface area contributed by atoms with Crippen molar-refractivity contribution in [1.82, 2.24) is 0 Å². The van der Waals surface area contributed by atoms with Gasteiger partial charge in [0.15, 0.2) is 6.61 Å². The van der Waals surface area contributed by atoms with Crippen molar-refractivity contribution in [3.63, 3.8) is 0 Å². The Morgan fingerprint density at radius 3 is 2.73 bits per heavy atom. The van der Waals surface area contributed by atoms with Crippen molar-refractivity contribution >= 4 is 70.8 Å². The van der Waals surface area contributed by atoms with Gasteiger partial charge in [0.25, 0.3) is 5.91 Å². The number of nitrogens with one attached hydrogen (secondary N) is 1. The van der Waals surface area contributed by atoms with Crippen molar-refractivity contribution in [1.29, 1.82) is 0 Å². The summed E-state index contributed by atoms with van der Waals surface area (Å²) >= 11 is 8.50. The summed E-state index contributed by atoms with van der Waals surface area (Å²) in [4.78, 5) is 26.0. The number of ether oxygens (including phenoxy) is 2. The molecule has 0 atom stereocenters. The number of anilines is 1. The van der Waals surface area contributed by atoms with Crippen LogP contribution in [0.2, 0.25) is 0 Å². The highest BCUT2D eigenvalue weighted by Gasteiger charge is 2.27. The van der Waals surface area contributed by atoms with Crippen LogP contribution < -0.4 is 10.1 Å². The number of hydrogen-bond acceptors (Lipinski definition) is 5. The van der Waals surface area contributed by atoms with Gasteiger partial charge in [-0.2, -0.15) is 0 Å². The molecule has 2 aromatic carbocycles. The van der Waals surface area contributed by atoms with Gasteiger partial charge in [0, 0.05) is 9.35 Å². The smallest absolute Gasteiger partial charge is 0.341 e. The molecule has 0 unspecified atom stereocenters. The number of benzene rings is 2. The zero-order valence-corrected chi connectivity index (χ0v) is 20.2. The standard InChI is InChI=1S/C22H19Br2NO4S/c1-28-22(27)19-15-4-2-3-5-17(15)30-21(19)25-18(26)11-29-16-9-6-12-10-13(23)7-8-14(12)20(16)24/h6-10H,2-5,11H2,1H3,(H,25,26). The van der Waals surface area contributed by atoms with Crippen LogP contribution in [0.25, 0.3) is 10.8 Å². The van der Waals surface area contributed by atoms with Gasteiger partial charge in [-0.25, -0.2) is 4.79 Å². The second-order valence-electron chi connectivity index (χ2n) is 6.99. The first kappa shape index (κ1) is 21.3. The van der Waals surface area contributed by atoms with E-state index >= 15 is 0 Å². The summed E-state index contributed by atoms with van der Waals surface area (Å²) in [6, 6.07) is 9.73. The number of carbonyl (C=O) groups is 2. The molecule has 3 aromatic rings. The van der Waals surface area contributed by atoms with Crippen LogP contribution >= 0.6 is 43.2 Å². The molecule has 0 saturated heterocycles. The first-order valence-corrected chi connectivity index (χ1v) is 11.9. The Kier molecular flexibility index (Phi) is 6.46. The van der Waals surface area contributed by atoms with Gasteiger partial charge in [0.1, 0.15) is 10.8 Å². The number of halogens is 2. The van der Waals surface area contributed by atoms with E-state index in [1.165, 1.54) is 18.4 Å². The van der Waals surface area contributed by atoms with Crippen molar-refractivity contribution in [2.75, 3.05) is 19.0 Å². The normalized spacial score (nSPS) is 13.0. The molecule has 30 heavy (non-hydrogen) atoms. The zero-order chi connectivity index (χ0) is 21.3. The molecule has 1 aliphatic rings. The lowest BCUT2D eigenvalue weighted by molar-refractivity contribution is -0.118. The van der Waals surface area contributed by atoms with Gasteiger partial charge in [-0.1, -0.05) is 28.1 Å². The van der Waals surface area contributed by atoms with E-state index in [2.05, 4.69) is 37.2 Å². The predicted molar refractivity (Wildman–Crippen MR) is 126 cm³/mol. The molecule has 0 spiro atoms. The fraction of sp³-hybridized carbons (Fsp3) is 0.273. The van der Waals surface area contributed by atoms with Crippen molar-refractivity contribution in [3.05, 3.63) is 55.3 Å². The van der Waals surface area contributed by atoms with Crippen molar-refractivity contribution in [3.8, 4) is 5.75 Å². The molecule has 1 aliphatic carbocycles. The number of aryl methyl sites for hydroxylation is 1. The second-order valence-corrected chi connectivity index (χ2v) is 9.80. The van der Waals surface area contributed by atoms with Crippen LogP contribution in [0.3, 0.4) is 0 Å². The summed E-state index contributed by atoms with van der Waals surface area (Å²) < 4.78 is 12.5. The Balaban J connectivity index is 1.50. The molecule has 1 heterocycles. The monoisotopic (exact) mass is 551 g/mol. The lowest BCUT2D eigenvalue weighted by atomic mass is 9.95. The molecule has 8 heteroatoms. The molecule has 0 bridgehead atoms. The molecule has 1 amide bonds. The third kappa shape index (κ3) is 4.26. The van der Waals surface area contributed by atoms with Crippen LogP contribution in [0.4, 0.5) is 5.00 Å². The van der Waals surface area contributed by atoms with Crippen LogP contribution in [-0.2, 0) is 22.4 Å². The maximum atomic E-state index is 12.6. The first-order chi connectivity index (χ1) is 14.5. The Morgan fingerprint density at radius 2 is 1.93 bits per heavy atom. The lowest BCUT2D eigenvalue weighted by Crippen LogP contribution is -2.21. The molecule has 0 radical (unpaired) electrons. The summed E-state index contributed by atoms with van der Waals surface area (Å²) in [5, 5.41) is 5.45. The highest BCUT2D eigenvalue weighted by Crippen LogP contribution is 2.39. The average molecular weight is 553 g/mol. The van der Waals surface area contributed by atoms with Gasteiger partial charge < -0.3 is 14.8 Å². The van der Waals surface area contributed by atoms with E-state index in [1.807, 2.05) is 30.3 Å². The summed E-state index contributed by atoms with van der Waals surface area (Å²) in [7, 11) is 1.36. The summed E-state index contributed by atoms with van der Waals surface area (Å²) in [6.45, 7) is -0.163. The van der Waals surface area contributed by atoms with Gasteiger partial charge >= 0.3 is 5.97 Å². The summed E-state index contributed by atoms with van der Waals surface area (Å²) in [5.41, 5.74) is 1.50. The number of methoxy groups -OCH3 is 1. The fourth-order valence-corrected chi connectivity index (χ4v) is 5.91. The van der Waals surface area contributed by atoms with Gasteiger partial charge in [0.05, 0.1) is 17.1 Å². The van der Waals surface area contributed by atoms with Gasteiger partial charge in [0.2, 0.25) is 0 Å². The van der Waals surface area contributed by atoms with Gasteiger partial charge in [-0.15, -0.1) is 11.3 Å². The van der Waals surface area contributed by atoms with E-state index in [9.17, 15) is 9.59 Å². The van der Waals surface area contributed by atoms with Crippen molar-refractivity contribution in [2.45, 2.75) is 25.7 Å². The van der Waals surface area contributed by atoms with E-state index in [-0.39, 0.29) is 12.5 Å². The van der Waals surface area contributed by atoms with Crippen LogP contribution in [0.15, 0.2) is 39.3 Å². The zero-order valence-electron chi connectivity index (χ0n) is 16.2. The number of hydrogen-bond donors (Lipinski definition) is 1. The van der Waals surface area contributed by atoms with Crippen molar-refractivity contribution < 1.29 is 19.1 Å². The maximum absolute atomic E-state index is 12.6. The van der Waals surface area contributed by atoms with Crippen LogP contribution in [-0.4, -0.2) is 25.6 Å². The Labute approximate surface area is 195 Å². The van der Waals surface area contributed by atoms with Crippen LogP contribution in [0.5, 0.6) is 5.75 Å². The lowest BCUT2D eigenvalue weighted by Gasteiger charge is -2.12. The first-order valence-electron chi connectivity index (χ1n) is 9.51. The molecular formula is C22H19Br2NO4S. The Hall–Kier alpha value is -1.90. The molecule has 4 rings (SSSR count). The average Bonchev–Trinajstić information content (AvgIpc) is 3.10. The third-order valence-electron chi connectivity index (χ3n) is 5.05. The van der Waals surface area contributed by atoms with E-state index in [0.29, 0.717) is 16.3 Å². The van der Waals surface area contributed by atoms with E-state index in [1.54, 1.807) is 0 Å². The molecule has 0 fully saturated rings. The second kappa shape index (κ2) is 9.08. The fourth-order valence-electron chi connectivity index (χ4n) is 3.63. The van der Waals surface area contributed by atoms with Gasteiger partial charge in [-0.05, 0) is 76.1 Å². The van der Waals surface area contributed by atoms with Crippen molar-refractivity contribution in [2.24, 2.45) is 0 Å². The summed E-state index contributed by atoms with van der Waals surface area (Å²) in [5.74, 6) is -0.144. The Morgan fingerprint density at radius 1 is 1.13 bits per heavy atom. The topological polar surface area (TPSA) is 64.6 Å². The van der Waals surface area contributed by atoms with Crippen LogP contribution in [0.1, 0.15) is 33.6 Å². The predicted octanol–water partition coefficient (Wildman–Crippen LogP) is 6.11. The summed E-state index contributed by atoms with van der Waals surface area (Å²) in [6.07, 6.45) is 3.90. The number of rotatable bonds is 5. The molecule has 5 nitrogen and oxygen atoms in total. The maximum Gasteiger partial charge on any atom is 0.341 e. The van der Waals surface area contributed by atoms with E-state index in [4.69, 9.17) is 9.47 Å². The minimum Gasteiger partial charge on any atom is -0.483 e. The quantitative estimate of drug-likeness (QED) is 0.388. The largest absolute Gasteiger partial charge is 0.483 e. The van der Waals surface area contributed by atoms with Crippen LogP contribution in [0, 0.1) is 0 Å². The Bertz CT molecular complexity index is 1140. The molecule has 0 saturated carbocycles.